The summed E-state index contributed by atoms with van der Waals surface area (Å²) in [4.78, 5) is 34.1. The molecule has 29 heavy (non-hydrogen) atoms. The van der Waals surface area contributed by atoms with E-state index in [2.05, 4.69) is 15.5 Å². The summed E-state index contributed by atoms with van der Waals surface area (Å²) >= 11 is 0. The fourth-order valence-corrected chi connectivity index (χ4v) is 2.40. The summed E-state index contributed by atoms with van der Waals surface area (Å²) < 4.78 is 5.34. The SMILES string of the molecule is CC(C)(OC(=O)NC(CC(N)=O)C(=O)O)c1ccc(N=Nc2ccccc2)cc1. The van der Waals surface area contributed by atoms with Crippen molar-refractivity contribution >= 4 is 29.3 Å². The van der Waals surface area contributed by atoms with Crippen LogP contribution in [0, 0.1) is 0 Å². The molecule has 0 heterocycles. The number of carboxylic acid groups (broad SMARTS) is 1. The first-order valence-electron chi connectivity index (χ1n) is 8.75. The lowest BCUT2D eigenvalue weighted by Crippen LogP contribution is -2.45. The summed E-state index contributed by atoms with van der Waals surface area (Å²) in [5.74, 6) is -2.23. The van der Waals surface area contributed by atoms with Gasteiger partial charge in [-0.1, -0.05) is 30.3 Å². The number of nitrogens with two attached hydrogens (primary N) is 1. The summed E-state index contributed by atoms with van der Waals surface area (Å²) in [6, 6.07) is 14.7. The molecule has 0 aromatic heterocycles. The Morgan fingerprint density at radius 1 is 1.03 bits per heavy atom. The van der Waals surface area contributed by atoms with Crippen molar-refractivity contribution in [2.24, 2.45) is 16.0 Å². The van der Waals surface area contributed by atoms with Crippen LogP contribution in [-0.2, 0) is 19.9 Å². The Kier molecular flexibility index (Phi) is 7.02. The number of carbonyl (C=O) groups is 3. The van der Waals surface area contributed by atoms with Crippen molar-refractivity contribution in [3.8, 4) is 0 Å². The van der Waals surface area contributed by atoms with E-state index >= 15 is 0 Å². The number of hydrogen-bond acceptors (Lipinski definition) is 6. The minimum Gasteiger partial charge on any atom is -0.480 e. The van der Waals surface area contributed by atoms with Gasteiger partial charge in [-0.05, 0) is 43.7 Å². The van der Waals surface area contributed by atoms with Crippen LogP contribution in [0.1, 0.15) is 25.8 Å². The van der Waals surface area contributed by atoms with Crippen LogP contribution in [0.2, 0.25) is 0 Å². The van der Waals surface area contributed by atoms with Crippen molar-refractivity contribution < 1.29 is 24.2 Å². The molecule has 2 amide bonds. The highest BCUT2D eigenvalue weighted by Gasteiger charge is 2.29. The van der Waals surface area contributed by atoms with Gasteiger partial charge in [0.25, 0.3) is 0 Å². The van der Waals surface area contributed by atoms with Gasteiger partial charge in [0.2, 0.25) is 5.91 Å². The summed E-state index contributed by atoms with van der Waals surface area (Å²) in [6.45, 7) is 3.30. The molecule has 0 aliphatic rings. The zero-order valence-corrected chi connectivity index (χ0v) is 16.0. The number of carboxylic acids is 1. The molecule has 4 N–H and O–H groups in total. The number of amides is 2. The molecule has 0 spiro atoms. The molecule has 152 valence electrons. The smallest absolute Gasteiger partial charge is 0.408 e. The van der Waals surface area contributed by atoms with Gasteiger partial charge in [-0.2, -0.15) is 10.2 Å². The van der Waals surface area contributed by atoms with Gasteiger partial charge in [0.1, 0.15) is 11.6 Å². The molecular weight excluding hydrogens is 376 g/mol. The second-order valence-corrected chi connectivity index (χ2v) is 6.69. The van der Waals surface area contributed by atoms with Crippen molar-refractivity contribution in [2.75, 3.05) is 0 Å². The minimum atomic E-state index is -1.46. The number of primary amides is 1. The molecule has 0 radical (unpaired) electrons. The molecule has 9 nitrogen and oxygen atoms in total. The Morgan fingerprint density at radius 3 is 2.10 bits per heavy atom. The van der Waals surface area contributed by atoms with Crippen LogP contribution >= 0.6 is 0 Å². The highest BCUT2D eigenvalue weighted by Crippen LogP contribution is 2.27. The zero-order chi connectivity index (χ0) is 21.4. The first-order chi connectivity index (χ1) is 13.7. The van der Waals surface area contributed by atoms with Crippen LogP contribution in [0.5, 0.6) is 0 Å². The summed E-state index contributed by atoms with van der Waals surface area (Å²) in [5, 5.41) is 19.4. The number of nitrogens with zero attached hydrogens (tertiary/aromatic N) is 2. The fraction of sp³-hybridized carbons (Fsp3) is 0.250. The Labute approximate surface area is 167 Å². The summed E-state index contributed by atoms with van der Waals surface area (Å²) in [6.07, 6.45) is -1.51. The lowest BCUT2D eigenvalue weighted by Gasteiger charge is -2.26. The molecule has 2 rings (SSSR count). The van der Waals surface area contributed by atoms with Crippen LogP contribution in [0.25, 0.3) is 0 Å². The molecule has 2 aromatic rings. The van der Waals surface area contributed by atoms with Crippen LogP contribution in [0.15, 0.2) is 64.8 Å². The Morgan fingerprint density at radius 2 is 1.59 bits per heavy atom. The highest BCUT2D eigenvalue weighted by molar-refractivity contribution is 5.86. The van der Waals surface area contributed by atoms with E-state index in [1.807, 2.05) is 30.3 Å². The van der Waals surface area contributed by atoms with E-state index in [1.54, 1.807) is 38.1 Å². The Hall–Kier alpha value is -3.75. The predicted molar refractivity (Wildman–Crippen MR) is 105 cm³/mol. The number of aliphatic carboxylic acids is 1. The van der Waals surface area contributed by atoms with Gasteiger partial charge in [0.15, 0.2) is 0 Å². The van der Waals surface area contributed by atoms with Gasteiger partial charge in [-0.15, -0.1) is 0 Å². The van der Waals surface area contributed by atoms with E-state index in [1.165, 1.54) is 0 Å². The van der Waals surface area contributed by atoms with E-state index in [-0.39, 0.29) is 0 Å². The maximum atomic E-state index is 12.1. The normalized spacial score (nSPS) is 12.3. The lowest BCUT2D eigenvalue weighted by atomic mass is 9.98. The minimum absolute atomic E-state index is 0.536. The maximum Gasteiger partial charge on any atom is 0.408 e. The first-order valence-corrected chi connectivity index (χ1v) is 8.75. The van der Waals surface area contributed by atoms with Crippen molar-refractivity contribution in [2.45, 2.75) is 31.9 Å². The van der Waals surface area contributed by atoms with E-state index in [9.17, 15) is 14.4 Å². The average molecular weight is 398 g/mol. The molecule has 0 saturated heterocycles. The third-order valence-electron chi connectivity index (χ3n) is 3.94. The molecular formula is C20H22N4O5. The predicted octanol–water partition coefficient (Wildman–Crippen LogP) is 3.39. The first kappa shape index (κ1) is 21.5. The van der Waals surface area contributed by atoms with Crippen LogP contribution < -0.4 is 11.1 Å². The second-order valence-electron chi connectivity index (χ2n) is 6.69. The van der Waals surface area contributed by atoms with Gasteiger partial charge in [0, 0.05) is 0 Å². The standard InChI is InChI=1S/C20H22N4O5/c1-20(2,29-19(28)22-16(18(26)27)12-17(21)25)13-8-10-15(11-9-13)24-23-14-6-4-3-5-7-14/h3-11,16H,12H2,1-2H3,(H2,21,25)(H,22,28)(H,26,27). The maximum absolute atomic E-state index is 12.1. The molecule has 0 bridgehead atoms. The zero-order valence-electron chi connectivity index (χ0n) is 16.0. The summed E-state index contributed by atoms with van der Waals surface area (Å²) in [7, 11) is 0. The number of nitrogens with one attached hydrogen (secondary N) is 1. The largest absolute Gasteiger partial charge is 0.480 e. The molecule has 1 atom stereocenters. The third kappa shape index (κ3) is 6.73. The third-order valence-corrected chi connectivity index (χ3v) is 3.94. The number of rotatable bonds is 8. The number of carbonyl (C=O) groups excluding carboxylic acids is 2. The van der Waals surface area contributed by atoms with Crippen LogP contribution in [-0.4, -0.2) is 29.1 Å². The van der Waals surface area contributed by atoms with Gasteiger partial charge < -0.3 is 20.9 Å². The molecule has 0 saturated carbocycles. The van der Waals surface area contributed by atoms with Crippen molar-refractivity contribution in [3.05, 3.63) is 60.2 Å². The molecule has 1 unspecified atom stereocenters. The number of hydrogen-bond donors (Lipinski definition) is 3. The molecule has 9 heteroatoms. The van der Waals surface area contributed by atoms with Gasteiger partial charge in [-0.3, -0.25) is 4.79 Å². The summed E-state index contributed by atoms with van der Waals surface area (Å²) in [5.41, 5.74) is 5.93. The van der Waals surface area contributed by atoms with Gasteiger partial charge >= 0.3 is 12.1 Å². The van der Waals surface area contributed by atoms with Crippen LogP contribution in [0.3, 0.4) is 0 Å². The Balaban J connectivity index is 2.02. The molecule has 0 aliphatic carbocycles. The topological polar surface area (TPSA) is 143 Å². The second kappa shape index (κ2) is 9.45. The quantitative estimate of drug-likeness (QED) is 0.584. The van der Waals surface area contributed by atoms with Crippen molar-refractivity contribution in [1.82, 2.24) is 5.32 Å². The molecule has 0 aliphatic heterocycles. The molecule has 2 aromatic carbocycles. The fourth-order valence-electron chi connectivity index (χ4n) is 2.40. The molecule has 0 fully saturated rings. The van der Waals surface area contributed by atoms with E-state index in [0.29, 0.717) is 11.3 Å². The van der Waals surface area contributed by atoms with Crippen molar-refractivity contribution in [3.63, 3.8) is 0 Å². The van der Waals surface area contributed by atoms with Crippen molar-refractivity contribution in [1.29, 1.82) is 0 Å². The number of ether oxygens (including phenoxy) is 1. The number of benzene rings is 2. The average Bonchev–Trinajstić information content (AvgIpc) is 2.66. The van der Waals surface area contributed by atoms with E-state index < -0.39 is 36.0 Å². The highest BCUT2D eigenvalue weighted by atomic mass is 16.6. The van der Waals surface area contributed by atoms with E-state index in [0.717, 1.165) is 5.69 Å². The monoisotopic (exact) mass is 398 g/mol. The number of alkyl carbamates (subject to hydrolysis) is 1. The van der Waals surface area contributed by atoms with Gasteiger partial charge in [-0.25, -0.2) is 9.59 Å². The lowest BCUT2D eigenvalue weighted by molar-refractivity contribution is -0.141. The van der Waals surface area contributed by atoms with Gasteiger partial charge in [0.05, 0.1) is 17.8 Å². The van der Waals surface area contributed by atoms with Crippen LogP contribution in [0.4, 0.5) is 16.2 Å². The van der Waals surface area contributed by atoms with E-state index in [4.69, 9.17) is 15.6 Å². The Bertz CT molecular complexity index is 895. The number of azo groups is 1.